The van der Waals surface area contributed by atoms with Crippen LogP contribution in [0.15, 0.2) is 24.3 Å². The van der Waals surface area contributed by atoms with Gasteiger partial charge in [0.2, 0.25) is 5.91 Å². The molecule has 8 nitrogen and oxygen atoms in total. The highest BCUT2D eigenvalue weighted by Crippen LogP contribution is 2.34. The van der Waals surface area contributed by atoms with Gasteiger partial charge in [-0.15, -0.1) is 11.3 Å². The molecule has 0 aliphatic rings. The van der Waals surface area contributed by atoms with Gasteiger partial charge in [0.25, 0.3) is 5.91 Å². The van der Waals surface area contributed by atoms with Crippen molar-refractivity contribution in [2.24, 2.45) is 0 Å². The molecule has 1 aromatic carbocycles. The van der Waals surface area contributed by atoms with E-state index in [1.165, 1.54) is 17.4 Å². The van der Waals surface area contributed by atoms with E-state index in [9.17, 15) is 23.2 Å². The molecule has 2 amide bonds. The van der Waals surface area contributed by atoms with Gasteiger partial charge in [-0.1, -0.05) is 11.3 Å². The van der Waals surface area contributed by atoms with Crippen LogP contribution < -0.4 is 15.5 Å². The van der Waals surface area contributed by atoms with E-state index in [0.29, 0.717) is 9.71 Å². The fourth-order valence-electron chi connectivity index (χ4n) is 2.23. The Hall–Kier alpha value is -3.12. The number of anilines is 2. The predicted molar refractivity (Wildman–Crippen MR) is 110 cm³/mol. The zero-order chi connectivity index (χ0) is 21.8. The topological polar surface area (TPSA) is 101 Å². The van der Waals surface area contributed by atoms with Crippen molar-refractivity contribution in [3.8, 4) is 0 Å². The number of halogens is 2. The van der Waals surface area contributed by atoms with Gasteiger partial charge < -0.3 is 20.3 Å². The minimum absolute atomic E-state index is 0.0447. The van der Waals surface area contributed by atoms with Crippen molar-refractivity contribution < 1.29 is 27.9 Å². The summed E-state index contributed by atoms with van der Waals surface area (Å²) < 4.78 is 31.8. The van der Waals surface area contributed by atoms with Crippen molar-refractivity contribution in [3.63, 3.8) is 0 Å². The fourth-order valence-corrected chi connectivity index (χ4v) is 4.25. The molecule has 0 aliphatic heterocycles. The Bertz CT molecular complexity index is 1080. The van der Waals surface area contributed by atoms with Gasteiger partial charge >= 0.3 is 5.97 Å². The predicted octanol–water partition coefficient (Wildman–Crippen LogP) is 2.61. The number of thiazole rings is 1. The van der Waals surface area contributed by atoms with Crippen LogP contribution in [0, 0.1) is 11.6 Å². The maximum absolute atomic E-state index is 13.1. The van der Waals surface area contributed by atoms with E-state index in [2.05, 4.69) is 15.6 Å². The lowest BCUT2D eigenvalue weighted by Crippen LogP contribution is -2.35. The largest absolute Gasteiger partial charge is 0.451 e. The molecule has 30 heavy (non-hydrogen) atoms. The summed E-state index contributed by atoms with van der Waals surface area (Å²) in [6.07, 6.45) is 0. The number of nitrogens with one attached hydrogen (secondary N) is 2. The minimum Gasteiger partial charge on any atom is -0.451 e. The number of rotatable bonds is 7. The molecule has 0 radical (unpaired) electrons. The Labute approximate surface area is 177 Å². The van der Waals surface area contributed by atoms with E-state index in [-0.39, 0.29) is 5.69 Å². The first kappa shape index (κ1) is 21.6. The molecule has 3 aromatic rings. The number of nitrogens with zero attached hydrogens (tertiary/aromatic N) is 2. The highest BCUT2D eigenvalue weighted by atomic mass is 32.1. The Morgan fingerprint density at radius 1 is 1.10 bits per heavy atom. The molecule has 3 rings (SSSR count). The number of carbonyl (C=O) groups excluding carboxylic acids is 3. The molecule has 0 saturated carbocycles. The molecule has 2 N–H and O–H groups in total. The Kier molecular flexibility index (Phi) is 6.57. The molecule has 158 valence electrons. The number of thiophene rings is 1. The summed E-state index contributed by atoms with van der Waals surface area (Å²) in [6.45, 7) is -0.999. The van der Waals surface area contributed by atoms with E-state index in [4.69, 9.17) is 4.74 Å². The number of hydrogen-bond acceptors (Lipinski definition) is 8. The first-order valence-electron chi connectivity index (χ1n) is 8.49. The number of fused-ring (bicyclic) bond motifs is 1. The fraction of sp³-hybridized carbons (Fsp3) is 0.222. The average Bonchev–Trinajstić information content (AvgIpc) is 3.27. The first-order valence-corrected chi connectivity index (χ1v) is 10.1. The molecule has 0 unspecified atom stereocenters. The van der Waals surface area contributed by atoms with Crippen LogP contribution in [0.1, 0.15) is 9.67 Å². The number of benzene rings is 1. The van der Waals surface area contributed by atoms with E-state index in [1.54, 1.807) is 6.07 Å². The second-order valence-electron chi connectivity index (χ2n) is 6.20. The number of hydrogen-bond donors (Lipinski definition) is 2. The molecule has 0 spiro atoms. The molecule has 0 fully saturated rings. The minimum atomic E-state index is -1.11. The monoisotopic (exact) mass is 454 g/mol. The van der Waals surface area contributed by atoms with E-state index in [1.807, 2.05) is 19.0 Å². The normalized spacial score (nSPS) is 10.7. The summed E-state index contributed by atoms with van der Waals surface area (Å²) >= 11 is 2.59. The molecule has 12 heteroatoms. The third-order valence-corrected chi connectivity index (χ3v) is 5.95. The highest BCUT2D eigenvalue weighted by molar-refractivity contribution is 7.29. The zero-order valence-corrected chi connectivity index (χ0v) is 17.5. The summed E-state index contributed by atoms with van der Waals surface area (Å²) in [5, 5.41) is 5.39. The van der Waals surface area contributed by atoms with Crippen LogP contribution in [-0.2, 0) is 14.3 Å². The Morgan fingerprint density at radius 3 is 2.53 bits per heavy atom. The van der Waals surface area contributed by atoms with Crippen molar-refractivity contribution in [2.45, 2.75) is 0 Å². The number of aromatic nitrogens is 1. The standard InChI is InChI=1S/C18H16F2N4O4S2/c1-24(2)18-23-16-12(30-18)6-13(29-16)17(27)28-8-15(26)21-7-14(25)22-9-3-4-10(19)11(20)5-9/h3-6H,7-8H2,1-2H3,(H,21,26)(H,22,25). The van der Waals surface area contributed by atoms with Crippen molar-refractivity contribution in [1.82, 2.24) is 10.3 Å². The van der Waals surface area contributed by atoms with Gasteiger partial charge in [0.15, 0.2) is 23.4 Å². The first-order chi connectivity index (χ1) is 14.2. The van der Waals surface area contributed by atoms with Crippen molar-refractivity contribution in [3.05, 3.63) is 40.8 Å². The quantitative estimate of drug-likeness (QED) is 0.533. The Balaban J connectivity index is 1.44. The SMILES string of the molecule is CN(C)c1nc2sc(C(=O)OCC(=O)NCC(=O)Nc3ccc(F)c(F)c3)cc2s1. The molecule has 0 saturated heterocycles. The molecular weight excluding hydrogens is 438 g/mol. The second kappa shape index (κ2) is 9.13. The highest BCUT2D eigenvalue weighted by Gasteiger charge is 2.17. The van der Waals surface area contributed by atoms with Crippen LogP contribution in [0.2, 0.25) is 0 Å². The number of carbonyl (C=O) groups is 3. The smallest absolute Gasteiger partial charge is 0.348 e. The van der Waals surface area contributed by atoms with Gasteiger partial charge in [-0.3, -0.25) is 9.59 Å². The molecular formula is C18H16F2N4O4S2. The molecule has 0 aliphatic carbocycles. The van der Waals surface area contributed by atoms with Gasteiger partial charge in [-0.2, -0.15) is 0 Å². The number of ether oxygens (including phenoxy) is 1. The summed E-state index contributed by atoms with van der Waals surface area (Å²) in [4.78, 5) is 42.9. The van der Waals surface area contributed by atoms with Crippen LogP contribution >= 0.6 is 22.7 Å². The lowest BCUT2D eigenvalue weighted by Gasteiger charge is -2.07. The van der Waals surface area contributed by atoms with Gasteiger partial charge in [-0.25, -0.2) is 18.6 Å². The second-order valence-corrected chi connectivity index (χ2v) is 8.24. The van der Waals surface area contributed by atoms with Crippen LogP contribution in [0.3, 0.4) is 0 Å². The summed E-state index contributed by atoms with van der Waals surface area (Å²) in [7, 11) is 3.74. The summed E-state index contributed by atoms with van der Waals surface area (Å²) in [5.74, 6) is -4.15. The van der Waals surface area contributed by atoms with Crippen molar-refractivity contribution in [2.75, 3.05) is 37.5 Å². The summed E-state index contributed by atoms with van der Waals surface area (Å²) in [5.41, 5.74) is 0.0447. The lowest BCUT2D eigenvalue weighted by molar-refractivity contribution is -0.126. The maximum Gasteiger partial charge on any atom is 0.348 e. The molecule has 0 bridgehead atoms. The molecule has 0 atom stereocenters. The molecule has 2 aromatic heterocycles. The maximum atomic E-state index is 13.1. The lowest BCUT2D eigenvalue weighted by atomic mass is 10.3. The third kappa shape index (κ3) is 5.27. The zero-order valence-electron chi connectivity index (χ0n) is 15.8. The third-order valence-electron chi connectivity index (χ3n) is 3.65. The van der Waals surface area contributed by atoms with Gasteiger partial charge in [-0.05, 0) is 18.2 Å². The average molecular weight is 454 g/mol. The summed E-state index contributed by atoms with van der Waals surface area (Å²) in [6, 6.07) is 4.52. The van der Waals surface area contributed by atoms with Crippen molar-refractivity contribution in [1.29, 1.82) is 0 Å². The van der Waals surface area contributed by atoms with Crippen LogP contribution in [0.5, 0.6) is 0 Å². The van der Waals surface area contributed by atoms with Crippen LogP contribution in [0.25, 0.3) is 9.53 Å². The van der Waals surface area contributed by atoms with Gasteiger partial charge in [0.1, 0.15) is 9.71 Å². The van der Waals surface area contributed by atoms with Crippen LogP contribution in [-0.4, -0.2) is 50.0 Å². The van der Waals surface area contributed by atoms with Gasteiger partial charge in [0, 0.05) is 25.8 Å². The van der Waals surface area contributed by atoms with Crippen molar-refractivity contribution >= 4 is 60.8 Å². The van der Waals surface area contributed by atoms with Gasteiger partial charge in [0.05, 0.1) is 11.2 Å². The van der Waals surface area contributed by atoms with Crippen LogP contribution in [0.4, 0.5) is 19.6 Å². The van der Waals surface area contributed by atoms with E-state index < -0.39 is 42.6 Å². The van der Waals surface area contributed by atoms with E-state index >= 15 is 0 Å². The van der Waals surface area contributed by atoms with E-state index in [0.717, 1.165) is 33.3 Å². The number of esters is 1. The molecule has 2 heterocycles. The Morgan fingerprint density at radius 2 is 1.87 bits per heavy atom. The number of amides is 2.